The van der Waals surface area contributed by atoms with E-state index in [0.29, 0.717) is 24.0 Å². The van der Waals surface area contributed by atoms with Gasteiger partial charge in [-0.1, -0.05) is 25.0 Å². The zero-order valence-electron chi connectivity index (χ0n) is 15.5. The van der Waals surface area contributed by atoms with E-state index < -0.39 is 18.0 Å². The molecule has 2 fully saturated rings. The van der Waals surface area contributed by atoms with Crippen LogP contribution < -0.4 is 0 Å². The number of carbonyl (C=O) groups is 4. The molecule has 2 aliphatic rings. The van der Waals surface area contributed by atoms with Gasteiger partial charge in [-0.15, -0.1) is 0 Å². The molecule has 3 unspecified atom stereocenters. The van der Waals surface area contributed by atoms with Crippen molar-refractivity contribution in [3.63, 3.8) is 0 Å². The van der Waals surface area contributed by atoms with Gasteiger partial charge in [-0.3, -0.25) is 14.5 Å². The summed E-state index contributed by atoms with van der Waals surface area (Å²) in [5.41, 5.74) is 0.972. The molecule has 0 spiro atoms. The molecule has 3 rings (SSSR count). The number of amides is 2. The van der Waals surface area contributed by atoms with E-state index in [-0.39, 0.29) is 30.3 Å². The van der Waals surface area contributed by atoms with Crippen molar-refractivity contribution in [2.45, 2.75) is 45.3 Å². The van der Waals surface area contributed by atoms with Crippen LogP contribution in [0.2, 0.25) is 0 Å². The number of nitrogens with zero attached hydrogens (tertiary/aromatic N) is 1. The number of hydrogen-bond acceptors (Lipinski definition) is 6. The standard InChI is InChI=1S/C20H23NO6/c1-12(21-17(22)15-8-3-4-9-16(15)18(21)23)19(24)27-11-13-6-5-7-14(10-13)20(25)26-2/h5-7,10,12,15-16H,3-4,8-9,11H2,1-2H3. The molecule has 0 bridgehead atoms. The smallest absolute Gasteiger partial charge is 0.337 e. The first-order valence-corrected chi connectivity index (χ1v) is 9.15. The van der Waals surface area contributed by atoms with Crippen LogP contribution in [0.3, 0.4) is 0 Å². The van der Waals surface area contributed by atoms with Crippen molar-refractivity contribution in [3.8, 4) is 0 Å². The minimum atomic E-state index is -0.959. The molecule has 3 atom stereocenters. The van der Waals surface area contributed by atoms with Crippen molar-refractivity contribution in [1.29, 1.82) is 0 Å². The largest absolute Gasteiger partial charge is 0.465 e. The summed E-state index contributed by atoms with van der Waals surface area (Å²) in [5.74, 6) is -2.23. The monoisotopic (exact) mass is 373 g/mol. The van der Waals surface area contributed by atoms with E-state index in [2.05, 4.69) is 4.74 Å². The Morgan fingerprint density at radius 1 is 1.15 bits per heavy atom. The molecule has 0 aromatic heterocycles. The van der Waals surface area contributed by atoms with Crippen LogP contribution in [-0.4, -0.2) is 41.8 Å². The van der Waals surface area contributed by atoms with Gasteiger partial charge in [-0.25, -0.2) is 9.59 Å². The second kappa shape index (κ2) is 7.90. The lowest BCUT2D eigenvalue weighted by molar-refractivity contribution is -0.159. The fourth-order valence-corrected chi connectivity index (χ4v) is 3.86. The molecule has 2 amide bonds. The zero-order chi connectivity index (χ0) is 19.6. The molecule has 0 radical (unpaired) electrons. The van der Waals surface area contributed by atoms with E-state index in [1.807, 2.05) is 0 Å². The summed E-state index contributed by atoms with van der Waals surface area (Å²) >= 11 is 0. The Hall–Kier alpha value is -2.70. The quantitative estimate of drug-likeness (QED) is 0.580. The summed E-state index contributed by atoms with van der Waals surface area (Å²) in [7, 11) is 1.29. The van der Waals surface area contributed by atoms with Crippen LogP contribution in [0.25, 0.3) is 0 Å². The summed E-state index contributed by atoms with van der Waals surface area (Å²) in [4.78, 5) is 50.2. The third-order valence-electron chi connectivity index (χ3n) is 5.33. The van der Waals surface area contributed by atoms with Gasteiger partial charge in [0.05, 0.1) is 24.5 Å². The highest BCUT2D eigenvalue weighted by molar-refractivity contribution is 6.07. The number of fused-ring (bicyclic) bond motifs is 1. The van der Waals surface area contributed by atoms with Crippen LogP contribution in [0.5, 0.6) is 0 Å². The molecular weight excluding hydrogens is 350 g/mol. The van der Waals surface area contributed by atoms with Crippen molar-refractivity contribution in [2.24, 2.45) is 11.8 Å². The molecule has 1 aromatic rings. The van der Waals surface area contributed by atoms with Gasteiger partial charge >= 0.3 is 11.9 Å². The molecular formula is C20H23NO6. The van der Waals surface area contributed by atoms with Gasteiger partial charge in [0.2, 0.25) is 11.8 Å². The Labute approximate surface area is 157 Å². The highest BCUT2D eigenvalue weighted by Crippen LogP contribution is 2.38. The number of likely N-dealkylation sites (tertiary alicyclic amines) is 1. The van der Waals surface area contributed by atoms with E-state index in [0.717, 1.165) is 17.7 Å². The van der Waals surface area contributed by atoms with Crippen molar-refractivity contribution in [1.82, 2.24) is 4.90 Å². The maximum atomic E-state index is 12.6. The molecule has 1 heterocycles. The second-order valence-electron chi connectivity index (χ2n) is 7.02. The molecule has 7 nitrogen and oxygen atoms in total. The third-order valence-corrected chi connectivity index (χ3v) is 5.33. The average Bonchev–Trinajstić information content (AvgIpc) is 2.96. The van der Waals surface area contributed by atoms with Crippen LogP contribution in [0, 0.1) is 11.8 Å². The van der Waals surface area contributed by atoms with Crippen LogP contribution in [0.1, 0.15) is 48.5 Å². The Balaban J connectivity index is 1.63. The first-order valence-electron chi connectivity index (χ1n) is 9.15. The topological polar surface area (TPSA) is 90.0 Å². The molecule has 0 N–H and O–H groups in total. The number of carbonyl (C=O) groups excluding carboxylic acids is 4. The number of imide groups is 1. The number of hydrogen-bond donors (Lipinski definition) is 0. The molecule has 7 heteroatoms. The molecule has 1 aliphatic carbocycles. The average molecular weight is 373 g/mol. The molecule has 1 aromatic carbocycles. The molecule has 144 valence electrons. The summed E-state index contributed by atoms with van der Waals surface area (Å²) in [6, 6.07) is 5.59. The Bertz CT molecular complexity index is 749. The predicted octanol–water partition coefficient (Wildman–Crippen LogP) is 2.08. The summed E-state index contributed by atoms with van der Waals surface area (Å²) in [6.45, 7) is 1.46. The number of rotatable bonds is 5. The Kier molecular flexibility index (Phi) is 5.58. The number of ether oxygens (including phenoxy) is 2. The number of benzene rings is 1. The summed E-state index contributed by atoms with van der Waals surface area (Å²) in [6.07, 6.45) is 3.27. The van der Waals surface area contributed by atoms with Gasteiger partial charge in [-0.05, 0) is 37.5 Å². The van der Waals surface area contributed by atoms with E-state index in [1.165, 1.54) is 14.0 Å². The van der Waals surface area contributed by atoms with Gasteiger partial charge in [0.25, 0.3) is 0 Å². The maximum absolute atomic E-state index is 12.6. The van der Waals surface area contributed by atoms with E-state index >= 15 is 0 Å². The molecule has 1 saturated carbocycles. The van der Waals surface area contributed by atoms with Gasteiger partial charge in [-0.2, -0.15) is 0 Å². The van der Waals surface area contributed by atoms with Crippen LogP contribution >= 0.6 is 0 Å². The van der Waals surface area contributed by atoms with Crippen molar-refractivity contribution < 1.29 is 28.7 Å². The molecule has 1 aliphatic heterocycles. The first-order chi connectivity index (χ1) is 12.9. The van der Waals surface area contributed by atoms with E-state index in [1.54, 1.807) is 24.3 Å². The second-order valence-corrected chi connectivity index (χ2v) is 7.02. The van der Waals surface area contributed by atoms with Crippen molar-refractivity contribution in [2.75, 3.05) is 7.11 Å². The number of esters is 2. The summed E-state index contributed by atoms with van der Waals surface area (Å²) < 4.78 is 9.95. The fraction of sp³-hybridized carbons (Fsp3) is 0.500. The first kappa shape index (κ1) is 19.1. The predicted molar refractivity (Wildman–Crippen MR) is 94.3 cm³/mol. The summed E-state index contributed by atoms with van der Waals surface area (Å²) in [5, 5.41) is 0. The normalized spacial score (nSPS) is 23.0. The Morgan fingerprint density at radius 3 is 2.37 bits per heavy atom. The SMILES string of the molecule is COC(=O)c1cccc(COC(=O)C(C)N2C(=O)C3CCCCC3C2=O)c1. The van der Waals surface area contributed by atoms with Crippen LogP contribution in [-0.2, 0) is 30.5 Å². The maximum Gasteiger partial charge on any atom is 0.337 e. The third kappa shape index (κ3) is 3.72. The lowest BCUT2D eigenvalue weighted by atomic mass is 9.81. The lowest BCUT2D eigenvalue weighted by Gasteiger charge is -2.21. The van der Waals surface area contributed by atoms with E-state index in [4.69, 9.17) is 4.74 Å². The minimum Gasteiger partial charge on any atom is -0.465 e. The van der Waals surface area contributed by atoms with Crippen LogP contribution in [0.15, 0.2) is 24.3 Å². The minimum absolute atomic E-state index is 0.0584. The van der Waals surface area contributed by atoms with Gasteiger partial charge in [0.15, 0.2) is 0 Å². The Morgan fingerprint density at radius 2 is 1.78 bits per heavy atom. The molecule has 27 heavy (non-hydrogen) atoms. The lowest BCUT2D eigenvalue weighted by Crippen LogP contribution is -2.44. The van der Waals surface area contributed by atoms with Gasteiger partial charge < -0.3 is 9.47 Å². The molecule has 1 saturated heterocycles. The van der Waals surface area contributed by atoms with Gasteiger partial charge in [0.1, 0.15) is 12.6 Å². The zero-order valence-corrected chi connectivity index (χ0v) is 15.5. The number of methoxy groups -OCH3 is 1. The van der Waals surface area contributed by atoms with Crippen molar-refractivity contribution in [3.05, 3.63) is 35.4 Å². The van der Waals surface area contributed by atoms with Gasteiger partial charge in [0, 0.05) is 0 Å². The highest BCUT2D eigenvalue weighted by atomic mass is 16.5. The highest BCUT2D eigenvalue weighted by Gasteiger charge is 2.51. The fourth-order valence-electron chi connectivity index (χ4n) is 3.86. The van der Waals surface area contributed by atoms with Crippen LogP contribution in [0.4, 0.5) is 0 Å². The van der Waals surface area contributed by atoms with E-state index in [9.17, 15) is 19.2 Å². The van der Waals surface area contributed by atoms with Crippen molar-refractivity contribution >= 4 is 23.8 Å².